The van der Waals surface area contributed by atoms with Crippen molar-refractivity contribution in [3.05, 3.63) is 66.0 Å². The summed E-state index contributed by atoms with van der Waals surface area (Å²) in [5.74, 6) is -0.0623. The zero-order valence-electron chi connectivity index (χ0n) is 12.0. The van der Waals surface area contributed by atoms with Crippen LogP contribution in [-0.4, -0.2) is 18.4 Å². The highest BCUT2D eigenvalue weighted by atomic mass is 32.2. The van der Waals surface area contributed by atoms with Crippen molar-refractivity contribution >= 4 is 26.7 Å². The molecule has 0 atom stereocenters. The van der Waals surface area contributed by atoms with Crippen LogP contribution >= 0.6 is 0 Å². The molecule has 3 aromatic rings. The van der Waals surface area contributed by atoms with Gasteiger partial charge in [-0.25, -0.2) is 8.42 Å². The van der Waals surface area contributed by atoms with Crippen molar-refractivity contribution in [1.29, 1.82) is 0 Å². The third-order valence-electron chi connectivity index (χ3n) is 3.18. The van der Waals surface area contributed by atoms with E-state index >= 15 is 0 Å². The first-order chi connectivity index (χ1) is 10.5. The van der Waals surface area contributed by atoms with Gasteiger partial charge in [0.05, 0.1) is 22.5 Å². The summed E-state index contributed by atoms with van der Waals surface area (Å²) in [5.41, 5.74) is 3.66. The molecule has 0 amide bonds. The minimum absolute atomic E-state index is 0.0623. The highest BCUT2D eigenvalue weighted by Crippen LogP contribution is 2.18. The Hall–Kier alpha value is -2.47. The van der Waals surface area contributed by atoms with Crippen LogP contribution < -0.4 is 4.72 Å². The van der Waals surface area contributed by atoms with E-state index in [9.17, 15) is 8.42 Å². The van der Waals surface area contributed by atoms with Gasteiger partial charge in [0.2, 0.25) is 10.0 Å². The summed E-state index contributed by atoms with van der Waals surface area (Å²) < 4.78 is 27.1. The fourth-order valence-corrected chi connectivity index (χ4v) is 3.44. The van der Waals surface area contributed by atoms with Crippen molar-refractivity contribution in [2.45, 2.75) is 12.7 Å². The maximum absolute atomic E-state index is 12.3. The molecule has 0 unspecified atom stereocenters. The molecule has 1 heterocycles. The molecule has 112 valence electrons. The first-order valence-corrected chi connectivity index (χ1v) is 8.44. The smallest absolute Gasteiger partial charge is 0.236 e. The normalized spacial score (nSPS) is 11.5. The van der Waals surface area contributed by atoms with Crippen molar-refractivity contribution in [2.75, 3.05) is 4.72 Å². The molecule has 0 saturated heterocycles. The summed E-state index contributed by atoms with van der Waals surface area (Å²) in [6.07, 6.45) is 3.18. The van der Waals surface area contributed by atoms with Gasteiger partial charge in [0.25, 0.3) is 0 Å². The number of nitrogens with one attached hydrogen (secondary N) is 1. The van der Waals surface area contributed by atoms with E-state index in [1.807, 2.05) is 25.1 Å². The number of hydrogen-bond acceptors (Lipinski definition) is 4. The average Bonchev–Trinajstić information content (AvgIpc) is 2.46. The van der Waals surface area contributed by atoms with Gasteiger partial charge in [-0.15, -0.1) is 0 Å². The number of benzene rings is 2. The van der Waals surface area contributed by atoms with Gasteiger partial charge in [0, 0.05) is 12.4 Å². The molecule has 0 fully saturated rings. The lowest BCUT2D eigenvalue weighted by Crippen LogP contribution is -2.15. The maximum Gasteiger partial charge on any atom is 0.236 e. The Morgan fingerprint density at radius 1 is 1.00 bits per heavy atom. The third kappa shape index (κ3) is 3.40. The Balaban J connectivity index is 1.83. The molecule has 0 aliphatic carbocycles. The highest BCUT2D eigenvalue weighted by molar-refractivity contribution is 7.91. The van der Waals surface area contributed by atoms with Crippen molar-refractivity contribution < 1.29 is 8.42 Å². The number of rotatable bonds is 4. The van der Waals surface area contributed by atoms with Crippen LogP contribution in [0.3, 0.4) is 0 Å². The van der Waals surface area contributed by atoms with E-state index in [1.54, 1.807) is 36.7 Å². The molecule has 0 saturated carbocycles. The molecule has 0 bridgehead atoms. The number of anilines is 1. The first-order valence-electron chi connectivity index (χ1n) is 6.79. The van der Waals surface area contributed by atoms with Crippen LogP contribution in [0.4, 0.5) is 5.69 Å². The van der Waals surface area contributed by atoms with Gasteiger partial charge < -0.3 is 0 Å². The fraction of sp³-hybridized carbons (Fsp3) is 0.125. The van der Waals surface area contributed by atoms with Crippen molar-refractivity contribution in [2.24, 2.45) is 0 Å². The van der Waals surface area contributed by atoms with Crippen molar-refractivity contribution in [1.82, 2.24) is 9.97 Å². The number of sulfonamides is 1. The molecule has 1 aromatic heterocycles. The molecule has 6 heteroatoms. The van der Waals surface area contributed by atoms with Crippen LogP contribution in [0.15, 0.2) is 54.9 Å². The highest BCUT2D eigenvalue weighted by Gasteiger charge is 2.12. The number of hydrogen-bond donors (Lipinski definition) is 1. The minimum Gasteiger partial charge on any atom is -0.283 e. The number of fused-ring (bicyclic) bond motifs is 1. The number of aryl methyl sites for hydroxylation is 1. The van der Waals surface area contributed by atoms with Crippen LogP contribution in [0.2, 0.25) is 0 Å². The van der Waals surface area contributed by atoms with E-state index in [4.69, 9.17) is 0 Å². The summed E-state index contributed by atoms with van der Waals surface area (Å²) in [6, 6.07) is 12.6. The molecule has 5 nitrogen and oxygen atoms in total. The molecular formula is C16H15N3O2S. The van der Waals surface area contributed by atoms with E-state index in [2.05, 4.69) is 14.7 Å². The standard InChI is InChI=1S/C16H15N3O2S/c1-12-3-2-4-13(9-12)11-22(20,21)19-14-5-6-15-16(10-14)18-8-7-17-15/h2-10,19H,11H2,1H3. The van der Waals surface area contributed by atoms with E-state index in [0.717, 1.165) is 16.6 Å². The van der Waals surface area contributed by atoms with Gasteiger partial charge in [-0.05, 0) is 30.7 Å². The van der Waals surface area contributed by atoms with Crippen LogP contribution in [0.1, 0.15) is 11.1 Å². The number of aromatic nitrogens is 2. The van der Waals surface area contributed by atoms with Gasteiger partial charge in [0.15, 0.2) is 0 Å². The van der Waals surface area contributed by atoms with Gasteiger partial charge in [-0.3, -0.25) is 14.7 Å². The summed E-state index contributed by atoms with van der Waals surface area (Å²) >= 11 is 0. The van der Waals surface area contributed by atoms with Crippen LogP contribution in [0, 0.1) is 6.92 Å². The third-order valence-corrected chi connectivity index (χ3v) is 4.44. The molecule has 0 aliphatic rings. The van der Waals surface area contributed by atoms with Gasteiger partial charge in [-0.1, -0.05) is 29.8 Å². The predicted molar refractivity (Wildman–Crippen MR) is 87.0 cm³/mol. The summed E-state index contributed by atoms with van der Waals surface area (Å²) in [5, 5.41) is 0. The lowest BCUT2D eigenvalue weighted by Gasteiger charge is -2.09. The summed E-state index contributed by atoms with van der Waals surface area (Å²) in [7, 11) is -3.47. The lowest BCUT2D eigenvalue weighted by molar-refractivity contribution is 0.600. The molecule has 0 aliphatic heterocycles. The quantitative estimate of drug-likeness (QED) is 0.804. The molecule has 2 aromatic carbocycles. The molecule has 3 rings (SSSR count). The second-order valence-corrected chi connectivity index (χ2v) is 6.83. The predicted octanol–water partition coefficient (Wildman–Crippen LogP) is 2.88. The fourth-order valence-electron chi connectivity index (χ4n) is 2.26. The SMILES string of the molecule is Cc1cccc(CS(=O)(=O)Nc2ccc3nccnc3c2)c1. The lowest BCUT2D eigenvalue weighted by atomic mass is 10.2. The Bertz CT molecular complexity index is 923. The Labute approximate surface area is 129 Å². The van der Waals surface area contributed by atoms with Gasteiger partial charge in [-0.2, -0.15) is 0 Å². The second kappa shape index (κ2) is 5.73. The van der Waals surface area contributed by atoms with Crippen LogP contribution in [-0.2, 0) is 15.8 Å². The molecule has 22 heavy (non-hydrogen) atoms. The Morgan fingerprint density at radius 2 is 1.77 bits per heavy atom. The summed E-state index contributed by atoms with van der Waals surface area (Å²) in [6.45, 7) is 1.94. The first kappa shape index (κ1) is 14.5. The molecule has 0 spiro atoms. The van der Waals surface area contributed by atoms with E-state index in [-0.39, 0.29) is 5.75 Å². The van der Waals surface area contributed by atoms with Gasteiger partial charge >= 0.3 is 0 Å². The minimum atomic E-state index is -3.47. The largest absolute Gasteiger partial charge is 0.283 e. The van der Waals surface area contributed by atoms with Crippen LogP contribution in [0.5, 0.6) is 0 Å². The Morgan fingerprint density at radius 3 is 2.55 bits per heavy atom. The van der Waals surface area contributed by atoms with E-state index in [0.29, 0.717) is 11.2 Å². The molecule has 1 N–H and O–H groups in total. The van der Waals surface area contributed by atoms with E-state index in [1.165, 1.54) is 0 Å². The van der Waals surface area contributed by atoms with E-state index < -0.39 is 10.0 Å². The molecular weight excluding hydrogens is 298 g/mol. The zero-order chi connectivity index (χ0) is 15.6. The van der Waals surface area contributed by atoms with Crippen molar-refractivity contribution in [3.8, 4) is 0 Å². The van der Waals surface area contributed by atoms with Crippen molar-refractivity contribution in [3.63, 3.8) is 0 Å². The summed E-state index contributed by atoms with van der Waals surface area (Å²) in [4.78, 5) is 8.33. The molecule has 0 radical (unpaired) electrons. The number of nitrogens with zero attached hydrogens (tertiary/aromatic N) is 2. The topological polar surface area (TPSA) is 72.0 Å². The monoisotopic (exact) mass is 313 g/mol. The average molecular weight is 313 g/mol. The maximum atomic E-state index is 12.3. The zero-order valence-corrected chi connectivity index (χ0v) is 12.8. The Kier molecular flexibility index (Phi) is 3.77. The second-order valence-electron chi connectivity index (χ2n) is 5.11. The van der Waals surface area contributed by atoms with Gasteiger partial charge in [0.1, 0.15) is 0 Å². The van der Waals surface area contributed by atoms with Crippen LogP contribution in [0.25, 0.3) is 11.0 Å².